The molecular weight excluding hydrogens is 244 g/mol. The molecule has 0 fully saturated rings. The van der Waals surface area contributed by atoms with Crippen LogP contribution in [0.2, 0.25) is 0 Å². The Morgan fingerprint density at radius 1 is 1.43 bits per heavy atom. The van der Waals surface area contributed by atoms with E-state index in [2.05, 4.69) is 15.9 Å². The van der Waals surface area contributed by atoms with Gasteiger partial charge < -0.3 is 9.53 Å². The van der Waals surface area contributed by atoms with Crippen molar-refractivity contribution in [1.29, 1.82) is 0 Å². The van der Waals surface area contributed by atoms with Crippen LogP contribution in [-0.4, -0.2) is 13.4 Å². The lowest BCUT2D eigenvalue weighted by atomic mass is 10.0. The normalized spacial score (nSPS) is 10.0. The van der Waals surface area contributed by atoms with Crippen molar-refractivity contribution in [3.63, 3.8) is 0 Å². The topological polar surface area (TPSA) is 26.3 Å². The number of halogens is 1. The second-order valence-corrected chi connectivity index (χ2v) is 4.03. The molecule has 0 spiro atoms. The highest BCUT2D eigenvalue weighted by atomic mass is 79.9. The van der Waals surface area contributed by atoms with Gasteiger partial charge in [0, 0.05) is 16.5 Å². The van der Waals surface area contributed by atoms with Crippen molar-refractivity contribution < 1.29 is 9.53 Å². The molecule has 14 heavy (non-hydrogen) atoms. The molecule has 0 aliphatic heterocycles. The Balaban J connectivity index is 3.35. The van der Waals surface area contributed by atoms with E-state index in [-0.39, 0.29) is 0 Å². The number of benzene rings is 1. The summed E-state index contributed by atoms with van der Waals surface area (Å²) in [6.45, 7) is 4.01. The minimum atomic E-state index is 0.392. The molecule has 0 atom stereocenters. The Morgan fingerprint density at radius 3 is 2.57 bits per heavy atom. The molecule has 0 unspecified atom stereocenters. The number of carbonyl (C=O) groups is 1. The van der Waals surface area contributed by atoms with Crippen LogP contribution in [0.3, 0.4) is 0 Å². The van der Waals surface area contributed by atoms with Crippen LogP contribution in [0, 0.1) is 13.8 Å². The number of hydrogen-bond donors (Lipinski definition) is 0. The van der Waals surface area contributed by atoms with E-state index < -0.39 is 0 Å². The Kier molecular flexibility index (Phi) is 3.69. The molecule has 0 N–H and O–H groups in total. The summed E-state index contributed by atoms with van der Waals surface area (Å²) in [5.74, 6) is 0.817. The summed E-state index contributed by atoms with van der Waals surface area (Å²) in [4.78, 5) is 10.5. The molecule has 0 radical (unpaired) electrons. The van der Waals surface area contributed by atoms with Crippen LogP contribution in [0.1, 0.15) is 16.7 Å². The second-order valence-electron chi connectivity index (χ2n) is 3.17. The van der Waals surface area contributed by atoms with Gasteiger partial charge in [-0.1, -0.05) is 15.9 Å². The largest absolute Gasteiger partial charge is 0.496 e. The number of hydrogen-bond acceptors (Lipinski definition) is 2. The predicted molar refractivity (Wildman–Crippen MR) is 59.9 cm³/mol. The van der Waals surface area contributed by atoms with Gasteiger partial charge in [-0.25, -0.2) is 0 Å². The maximum atomic E-state index is 10.5. The van der Waals surface area contributed by atoms with Crippen LogP contribution >= 0.6 is 15.9 Å². The maximum Gasteiger partial charge on any atom is 0.125 e. The fourth-order valence-electron chi connectivity index (χ4n) is 1.44. The number of methoxy groups -OCH3 is 1. The molecule has 0 aromatic heterocycles. The van der Waals surface area contributed by atoms with Gasteiger partial charge in [0.2, 0.25) is 0 Å². The van der Waals surface area contributed by atoms with Gasteiger partial charge in [-0.3, -0.25) is 0 Å². The average molecular weight is 257 g/mol. The molecule has 1 rings (SSSR count). The first kappa shape index (κ1) is 11.2. The van der Waals surface area contributed by atoms with Crippen LogP contribution in [0.15, 0.2) is 10.5 Å². The third-order valence-electron chi connectivity index (χ3n) is 2.36. The van der Waals surface area contributed by atoms with Gasteiger partial charge in [0.05, 0.1) is 7.11 Å². The summed E-state index contributed by atoms with van der Waals surface area (Å²) < 4.78 is 6.31. The Hall–Kier alpha value is -0.830. The Morgan fingerprint density at radius 2 is 2.07 bits per heavy atom. The van der Waals surface area contributed by atoms with Crippen LogP contribution in [0.25, 0.3) is 0 Å². The molecule has 76 valence electrons. The van der Waals surface area contributed by atoms with E-state index in [4.69, 9.17) is 4.74 Å². The SMILES string of the molecule is COc1c(CC=O)cc(Br)c(C)c1C. The van der Waals surface area contributed by atoms with Gasteiger partial charge in [0.15, 0.2) is 0 Å². The van der Waals surface area contributed by atoms with E-state index in [1.54, 1.807) is 7.11 Å². The van der Waals surface area contributed by atoms with E-state index in [0.29, 0.717) is 6.42 Å². The van der Waals surface area contributed by atoms with Crippen molar-refractivity contribution in [2.75, 3.05) is 7.11 Å². The van der Waals surface area contributed by atoms with Crippen molar-refractivity contribution in [2.45, 2.75) is 20.3 Å². The molecule has 0 saturated carbocycles. The van der Waals surface area contributed by atoms with Gasteiger partial charge in [-0.2, -0.15) is 0 Å². The van der Waals surface area contributed by atoms with E-state index in [9.17, 15) is 4.79 Å². The highest BCUT2D eigenvalue weighted by molar-refractivity contribution is 9.10. The molecule has 0 bridgehead atoms. The highest BCUT2D eigenvalue weighted by Crippen LogP contribution is 2.31. The summed E-state index contributed by atoms with van der Waals surface area (Å²) in [7, 11) is 1.63. The second kappa shape index (κ2) is 4.60. The lowest BCUT2D eigenvalue weighted by molar-refractivity contribution is -0.107. The van der Waals surface area contributed by atoms with E-state index in [1.165, 1.54) is 0 Å². The Bertz CT molecular complexity index is 359. The van der Waals surface area contributed by atoms with E-state index in [1.807, 2.05) is 19.9 Å². The monoisotopic (exact) mass is 256 g/mol. The van der Waals surface area contributed by atoms with E-state index in [0.717, 1.165) is 33.2 Å². The fourth-order valence-corrected chi connectivity index (χ4v) is 2.02. The lowest BCUT2D eigenvalue weighted by Gasteiger charge is -2.13. The first-order valence-electron chi connectivity index (χ1n) is 4.38. The zero-order valence-corrected chi connectivity index (χ0v) is 10.1. The zero-order chi connectivity index (χ0) is 10.7. The van der Waals surface area contributed by atoms with E-state index >= 15 is 0 Å². The molecule has 0 aliphatic rings. The van der Waals surface area contributed by atoms with Crippen LogP contribution in [0.5, 0.6) is 5.75 Å². The van der Waals surface area contributed by atoms with Crippen LogP contribution in [0.4, 0.5) is 0 Å². The predicted octanol–water partition coefficient (Wildman–Crippen LogP) is 2.82. The van der Waals surface area contributed by atoms with Crippen molar-refractivity contribution >= 4 is 22.2 Å². The highest BCUT2D eigenvalue weighted by Gasteiger charge is 2.11. The minimum absolute atomic E-state index is 0.392. The molecule has 0 aliphatic carbocycles. The standard InChI is InChI=1S/C11H13BrO2/c1-7-8(2)11(14-3)9(4-5-13)6-10(7)12/h5-6H,4H2,1-3H3. The average Bonchev–Trinajstić information content (AvgIpc) is 2.16. The van der Waals surface area contributed by atoms with Gasteiger partial charge in [-0.15, -0.1) is 0 Å². The number of rotatable bonds is 3. The molecule has 1 aromatic carbocycles. The van der Waals surface area contributed by atoms with Gasteiger partial charge >= 0.3 is 0 Å². The molecule has 1 aromatic rings. The smallest absolute Gasteiger partial charge is 0.125 e. The Labute approximate surface area is 92.4 Å². The van der Waals surface area contributed by atoms with Crippen LogP contribution in [-0.2, 0) is 11.2 Å². The van der Waals surface area contributed by atoms with Crippen molar-refractivity contribution in [3.05, 3.63) is 27.2 Å². The quantitative estimate of drug-likeness (QED) is 0.778. The van der Waals surface area contributed by atoms with Crippen molar-refractivity contribution in [2.24, 2.45) is 0 Å². The fraction of sp³-hybridized carbons (Fsp3) is 0.364. The van der Waals surface area contributed by atoms with Gasteiger partial charge in [-0.05, 0) is 31.0 Å². The zero-order valence-electron chi connectivity index (χ0n) is 8.56. The van der Waals surface area contributed by atoms with Crippen molar-refractivity contribution in [3.8, 4) is 5.75 Å². The first-order valence-corrected chi connectivity index (χ1v) is 5.17. The summed E-state index contributed by atoms with van der Waals surface area (Å²) >= 11 is 3.46. The van der Waals surface area contributed by atoms with Crippen LogP contribution < -0.4 is 4.74 Å². The molecule has 0 heterocycles. The molecule has 2 nitrogen and oxygen atoms in total. The first-order chi connectivity index (χ1) is 6.61. The maximum absolute atomic E-state index is 10.5. The third-order valence-corrected chi connectivity index (χ3v) is 3.18. The van der Waals surface area contributed by atoms with Gasteiger partial charge in [0.25, 0.3) is 0 Å². The molecule has 3 heteroatoms. The molecule has 0 amide bonds. The number of ether oxygens (including phenoxy) is 1. The summed E-state index contributed by atoms with van der Waals surface area (Å²) in [5, 5.41) is 0. The molecular formula is C11H13BrO2. The lowest BCUT2D eigenvalue weighted by Crippen LogP contribution is -1.98. The van der Waals surface area contributed by atoms with Crippen molar-refractivity contribution in [1.82, 2.24) is 0 Å². The summed E-state index contributed by atoms with van der Waals surface area (Å²) in [5.41, 5.74) is 3.16. The van der Waals surface area contributed by atoms with Gasteiger partial charge in [0.1, 0.15) is 12.0 Å². The number of carbonyl (C=O) groups excluding carboxylic acids is 1. The summed E-state index contributed by atoms with van der Waals surface area (Å²) in [6.07, 6.45) is 1.28. The number of aldehydes is 1. The summed E-state index contributed by atoms with van der Waals surface area (Å²) in [6, 6.07) is 1.94. The third kappa shape index (κ3) is 1.98. The minimum Gasteiger partial charge on any atom is -0.496 e. The molecule has 0 saturated heterocycles.